The van der Waals surface area contributed by atoms with Crippen molar-refractivity contribution >= 4 is 11.8 Å². The summed E-state index contributed by atoms with van der Waals surface area (Å²) in [6.45, 7) is 5.32. The molecule has 0 unspecified atom stereocenters. The van der Waals surface area contributed by atoms with Gasteiger partial charge < -0.3 is 11.1 Å². The van der Waals surface area contributed by atoms with Gasteiger partial charge in [-0.15, -0.1) is 0 Å². The van der Waals surface area contributed by atoms with Gasteiger partial charge in [0.05, 0.1) is 11.3 Å². The van der Waals surface area contributed by atoms with Crippen molar-refractivity contribution in [2.75, 3.05) is 0 Å². The number of primary amides is 1. The Morgan fingerprint density at radius 3 is 2.32 bits per heavy atom. The summed E-state index contributed by atoms with van der Waals surface area (Å²) in [5, 5.41) is 18.1. The van der Waals surface area contributed by atoms with Crippen LogP contribution in [0.15, 0.2) is 15.5 Å². The van der Waals surface area contributed by atoms with Crippen molar-refractivity contribution < 1.29 is 19.8 Å². The fourth-order valence-corrected chi connectivity index (χ4v) is 0.508. The lowest BCUT2D eigenvalue weighted by molar-refractivity contribution is -0.250. The van der Waals surface area contributed by atoms with Crippen LogP contribution >= 0.6 is 0 Å². The van der Waals surface area contributed by atoms with Crippen molar-refractivity contribution in [2.45, 2.75) is 26.3 Å². The number of hydrogen-bond donors (Lipinski definition) is 3. The van der Waals surface area contributed by atoms with E-state index in [-0.39, 0.29) is 0 Å². The van der Waals surface area contributed by atoms with Crippen molar-refractivity contribution in [3.05, 3.63) is 10.4 Å². The molecule has 0 aliphatic carbocycles. The maximum atomic E-state index is 10.6. The molecule has 0 aliphatic rings. The minimum atomic E-state index is -0.949. The number of carbonyl (C=O) groups is 2. The number of rotatable bonds is 1. The Balaban J connectivity index is 0. The van der Waals surface area contributed by atoms with Gasteiger partial charge in [-0.05, 0) is 31.4 Å². The van der Waals surface area contributed by atoms with Crippen LogP contribution in [0.5, 0.6) is 0 Å². The van der Waals surface area contributed by atoms with Gasteiger partial charge in [-0.1, -0.05) is 5.11 Å². The summed E-state index contributed by atoms with van der Waals surface area (Å²) in [6, 6.07) is 3.77. The van der Waals surface area contributed by atoms with Crippen molar-refractivity contribution in [1.29, 1.82) is 0 Å². The third-order valence-electron chi connectivity index (χ3n) is 0.984. The van der Waals surface area contributed by atoms with Crippen molar-refractivity contribution in [3.8, 4) is 12.1 Å². The molecule has 4 N–H and O–H groups in total. The van der Waals surface area contributed by atoms with Crippen LogP contribution < -0.4 is 11.1 Å². The highest BCUT2D eigenvalue weighted by molar-refractivity contribution is 6.34. The summed E-state index contributed by atoms with van der Waals surface area (Å²) in [5.74, 6) is -1.69. The Morgan fingerprint density at radius 1 is 1.42 bits per heavy atom. The maximum absolute atomic E-state index is 10.6. The lowest BCUT2D eigenvalue weighted by atomic mass is 10.1. The van der Waals surface area contributed by atoms with Crippen LogP contribution in [0.25, 0.3) is 10.4 Å². The number of azide groups is 1. The number of hydrogen-bond acceptors (Lipinski definition) is 7. The van der Waals surface area contributed by atoms with Crippen molar-refractivity contribution in [1.82, 2.24) is 5.32 Å². The fourth-order valence-electron chi connectivity index (χ4n) is 0.508. The smallest absolute Gasteiger partial charge is 0.309 e. The second-order valence-corrected chi connectivity index (χ2v) is 3.74. The van der Waals surface area contributed by atoms with E-state index in [0.29, 0.717) is 0 Å². The van der Waals surface area contributed by atoms with E-state index >= 15 is 0 Å². The minimum Gasteiger partial charge on any atom is -0.361 e. The lowest BCUT2D eigenvalue weighted by Gasteiger charge is -2.18. The molecule has 0 aromatic heterocycles. The Morgan fingerprint density at radius 2 is 2.00 bits per heavy atom. The molecule has 0 saturated carbocycles. The number of amides is 2. The Hall–Kier alpha value is -2.83. The molecule has 0 aromatic carbocycles. The number of nitrogens with two attached hydrogens (primary N) is 1. The summed E-state index contributed by atoms with van der Waals surface area (Å²) in [7, 11) is 0. The zero-order chi connectivity index (χ0) is 15.3. The Kier molecular flexibility index (Phi) is 10.1. The second kappa shape index (κ2) is 10.3. The van der Waals surface area contributed by atoms with Gasteiger partial charge in [-0.2, -0.15) is 5.26 Å². The number of carbonyl (C=O) groups excluding carboxylic acids is 2. The highest BCUT2D eigenvalue weighted by atomic mass is 17.2. The van der Waals surface area contributed by atoms with E-state index in [0.717, 1.165) is 0 Å². The number of nitrogens with zero attached hydrogens (tertiary/aromatic N) is 5. The van der Waals surface area contributed by atoms with Gasteiger partial charge >= 0.3 is 11.8 Å². The lowest BCUT2D eigenvalue weighted by Crippen LogP contribution is -2.46. The molecule has 0 bridgehead atoms. The average molecular weight is 271 g/mol. The molecule has 0 atom stereocenters. The van der Waals surface area contributed by atoms with E-state index in [1.807, 2.05) is 12.1 Å². The van der Waals surface area contributed by atoms with E-state index in [1.54, 1.807) is 20.8 Å². The van der Waals surface area contributed by atoms with E-state index in [4.69, 9.17) is 16.5 Å². The van der Waals surface area contributed by atoms with Gasteiger partial charge in [0.2, 0.25) is 0 Å². The van der Waals surface area contributed by atoms with E-state index in [9.17, 15) is 9.59 Å². The molecule has 0 saturated heterocycles. The van der Waals surface area contributed by atoms with Gasteiger partial charge in [-0.3, -0.25) is 9.59 Å². The summed E-state index contributed by atoms with van der Waals surface area (Å²) >= 11 is 0. The predicted molar refractivity (Wildman–Crippen MR) is 62.6 cm³/mol. The van der Waals surface area contributed by atoms with Crippen molar-refractivity contribution in [3.63, 3.8) is 0 Å². The first-order valence-corrected chi connectivity index (χ1v) is 4.61. The molecule has 2 amide bonds. The third kappa shape index (κ3) is 17.8. The molecule has 104 valence electrons. The Labute approximate surface area is 108 Å². The van der Waals surface area contributed by atoms with Crippen LogP contribution in [0.1, 0.15) is 20.8 Å². The minimum absolute atomic E-state index is 0.397. The predicted octanol–water partition coefficient (Wildman–Crippen LogP) is 0.458. The molecule has 0 aliphatic heterocycles. The van der Waals surface area contributed by atoms with Gasteiger partial charge in [0.25, 0.3) is 0 Å². The first-order valence-electron chi connectivity index (χ1n) is 4.61. The standard InChI is InChI=1S/C6H12N2O2.C2HN5O2/c1-6(2,3)8-5(10)4(7)9;3-6-4-1-2-5-7-9-8/h1-3H3,(H2,7,9)(H,8,10);8H. The molecule has 0 spiro atoms. The monoisotopic (exact) mass is 271 g/mol. The molecule has 0 fully saturated rings. The van der Waals surface area contributed by atoms with Crippen LogP contribution in [-0.2, 0) is 14.6 Å². The second-order valence-electron chi connectivity index (χ2n) is 3.74. The molecule has 11 nitrogen and oxygen atoms in total. The summed E-state index contributed by atoms with van der Waals surface area (Å²) in [6.07, 6.45) is 0. The van der Waals surface area contributed by atoms with Crippen LogP contribution in [-0.4, -0.2) is 22.6 Å². The molecule has 19 heavy (non-hydrogen) atoms. The average Bonchev–Trinajstić information content (AvgIpc) is 2.27. The van der Waals surface area contributed by atoms with E-state index < -0.39 is 17.4 Å². The Bertz CT molecular complexity index is 436. The summed E-state index contributed by atoms with van der Waals surface area (Å²) < 4.78 is 0. The fraction of sp³-hybridized carbons (Fsp3) is 0.500. The van der Waals surface area contributed by atoms with Gasteiger partial charge in [-0.25, -0.2) is 4.99 Å². The molecule has 0 rings (SSSR count). The molecule has 0 aromatic rings. The van der Waals surface area contributed by atoms with E-state index in [1.165, 1.54) is 0 Å². The maximum Gasteiger partial charge on any atom is 0.309 e. The zero-order valence-corrected chi connectivity index (χ0v) is 10.5. The van der Waals surface area contributed by atoms with Crippen LogP contribution in [0, 0.1) is 12.1 Å². The van der Waals surface area contributed by atoms with Crippen molar-refractivity contribution in [2.24, 2.45) is 21.2 Å². The highest BCUT2D eigenvalue weighted by Gasteiger charge is 2.16. The molecule has 0 heterocycles. The zero-order valence-electron chi connectivity index (χ0n) is 10.5. The normalized spacial score (nSPS) is 9.05. The highest BCUT2D eigenvalue weighted by Crippen LogP contribution is 1.96. The van der Waals surface area contributed by atoms with Crippen LogP contribution in [0.3, 0.4) is 0 Å². The van der Waals surface area contributed by atoms with Gasteiger partial charge in [0.15, 0.2) is 0 Å². The molecular formula is C8H13N7O4. The first kappa shape index (κ1) is 18.5. The SMILES string of the molecule is CC(C)(C)NC(=O)C(N)=O.[N-]=[N+]=NC#CN=NOO. The summed E-state index contributed by atoms with van der Waals surface area (Å²) in [5.41, 5.74) is 11.9. The van der Waals surface area contributed by atoms with Gasteiger partial charge in [0, 0.05) is 16.5 Å². The summed E-state index contributed by atoms with van der Waals surface area (Å²) in [4.78, 5) is 26.2. The van der Waals surface area contributed by atoms with Crippen LogP contribution in [0.2, 0.25) is 0 Å². The molecule has 0 radical (unpaired) electrons. The quantitative estimate of drug-likeness (QED) is 0.119. The third-order valence-corrected chi connectivity index (χ3v) is 0.984. The number of nitrogens with one attached hydrogen (secondary N) is 1. The first-order chi connectivity index (χ1) is 8.74. The van der Waals surface area contributed by atoms with E-state index in [2.05, 4.69) is 30.7 Å². The molecule has 11 heteroatoms. The van der Waals surface area contributed by atoms with Crippen LogP contribution in [0.4, 0.5) is 0 Å². The topological polar surface area (TPSA) is 175 Å². The molecular weight excluding hydrogens is 258 g/mol. The largest absolute Gasteiger partial charge is 0.361 e. The van der Waals surface area contributed by atoms with Gasteiger partial charge in [0.1, 0.15) is 0 Å².